The second kappa shape index (κ2) is 5.03. The monoisotopic (exact) mass is 210 g/mol. The van der Waals surface area contributed by atoms with E-state index >= 15 is 0 Å². The van der Waals surface area contributed by atoms with Gasteiger partial charge in [0.15, 0.2) is 0 Å². The molecule has 1 atom stereocenters. The molecule has 0 saturated heterocycles. The molecule has 0 aliphatic carbocycles. The smallest absolute Gasteiger partial charge is 0.124 e. The second-order valence-electron chi connectivity index (χ2n) is 3.75. The second-order valence-corrected chi connectivity index (χ2v) is 3.75. The summed E-state index contributed by atoms with van der Waals surface area (Å²) in [6, 6.07) is 5.45. The van der Waals surface area contributed by atoms with Crippen molar-refractivity contribution in [2.75, 3.05) is 7.11 Å². The first-order valence-corrected chi connectivity index (χ1v) is 5.07. The Bertz CT molecular complexity index is 319. The quantitative estimate of drug-likeness (QED) is 0.830. The zero-order valence-electron chi connectivity index (χ0n) is 9.65. The largest absolute Gasteiger partial charge is 0.496 e. The Morgan fingerprint density at radius 2 is 1.87 bits per heavy atom. The first-order valence-electron chi connectivity index (χ1n) is 5.07. The van der Waals surface area contributed by atoms with Crippen LogP contribution in [0.5, 0.6) is 11.5 Å². The topological polar surface area (TPSA) is 38.7 Å². The maximum Gasteiger partial charge on any atom is 0.124 e. The van der Waals surface area contributed by atoms with E-state index in [-0.39, 0.29) is 6.10 Å². The van der Waals surface area contributed by atoms with Crippen LogP contribution in [0.2, 0.25) is 0 Å². The minimum atomic E-state index is -0.560. The summed E-state index contributed by atoms with van der Waals surface area (Å²) in [6.07, 6.45) is -0.434. The minimum absolute atomic E-state index is 0.125. The molecule has 0 aliphatic heterocycles. The van der Waals surface area contributed by atoms with Crippen LogP contribution in [0.25, 0.3) is 0 Å². The van der Waals surface area contributed by atoms with Crippen molar-refractivity contribution in [2.24, 2.45) is 0 Å². The lowest BCUT2D eigenvalue weighted by Crippen LogP contribution is -2.06. The van der Waals surface area contributed by atoms with Gasteiger partial charge in [-0.15, -0.1) is 0 Å². The van der Waals surface area contributed by atoms with Gasteiger partial charge in [-0.2, -0.15) is 0 Å². The maximum atomic E-state index is 9.56. The molecule has 15 heavy (non-hydrogen) atoms. The number of rotatable bonds is 4. The van der Waals surface area contributed by atoms with Crippen LogP contribution in [0.1, 0.15) is 32.4 Å². The standard InChI is InChI=1S/C12H18O3/c1-8(2)15-10-5-6-12(14-4)11(7-10)9(3)13/h5-9,13H,1-4H3. The summed E-state index contributed by atoms with van der Waals surface area (Å²) in [5.41, 5.74) is 0.746. The summed E-state index contributed by atoms with van der Waals surface area (Å²) in [4.78, 5) is 0. The number of aliphatic hydroxyl groups excluding tert-OH is 1. The Hall–Kier alpha value is -1.22. The lowest BCUT2D eigenvalue weighted by Gasteiger charge is -2.15. The van der Waals surface area contributed by atoms with Crippen molar-refractivity contribution in [3.05, 3.63) is 23.8 Å². The molecule has 0 saturated carbocycles. The number of aliphatic hydroxyl groups is 1. The van der Waals surface area contributed by atoms with E-state index in [9.17, 15) is 5.11 Å². The molecule has 0 spiro atoms. The number of methoxy groups -OCH3 is 1. The van der Waals surface area contributed by atoms with Gasteiger partial charge in [0.1, 0.15) is 11.5 Å². The molecule has 0 fully saturated rings. The third-order valence-electron chi connectivity index (χ3n) is 2.02. The fourth-order valence-corrected chi connectivity index (χ4v) is 1.38. The molecule has 1 unspecified atom stereocenters. The van der Waals surface area contributed by atoms with Gasteiger partial charge in [0.05, 0.1) is 19.3 Å². The van der Waals surface area contributed by atoms with Gasteiger partial charge in [-0.25, -0.2) is 0 Å². The highest BCUT2D eigenvalue weighted by Crippen LogP contribution is 2.29. The van der Waals surface area contributed by atoms with Gasteiger partial charge in [-0.05, 0) is 39.0 Å². The molecule has 1 N–H and O–H groups in total. The molecule has 3 nitrogen and oxygen atoms in total. The highest BCUT2D eigenvalue weighted by molar-refractivity contribution is 5.41. The van der Waals surface area contributed by atoms with Crippen LogP contribution in [-0.4, -0.2) is 18.3 Å². The molecule has 0 radical (unpaired) electrons. The molecule has 84 valence electrons. The summed E-state index contributed by atoms with van der Waals surface area (Å²) in [7, 11) is 1.59. The van der Waals surface area contributed by atoms with E-state index in [1.54, 1.807) is 20.1 Å². The third-order valence-corrected chi connectivity index (χ3v) is 2.02. The van der Waals surface area contributed by atoms with Gasteiger partial charge in [-0.1, -0.05) is 0 Å². The average molecular weight is 210 g/mol. The van der Waals surface area contributed by atoms with Crippen molar-refractivity contribution in [1.29, 1.82) is 0 Å². The van der Waals surface area contributed by atoms with Gasteiger partial charge < -0.3 is 14.6 Å². The van der Waals surface area contributed by atoms with Gasteiger partial charge in [0.2, 0.25) is 0 Å². The van der Waals surface area contributed by atoms with E-state index in [1.165, 1.54) is 0 Å². The summed E-state index contributed by atoms with van der Waals surface area (Å²) in [5, 5.41) is 9.56. The van der Waals surface area contributed by atoms with Crippen LogP contribution < -0.4 is 9.47 Å². The highest BCUT2D eigenvalue weighted by atomic mass is 16.5. The fraction of sp³-hybridized carbons (Fsp3) is 0.500. The number of hydrogen-bond donors (Lipinski definition) is 1. The number of ether oxygens (including phenoxy) is 2. The Balaban J connectivity index is 2.99. The number of benzene rings is 1. The van der Waals surface area contributed by atoms with E-state index in [4.69, 9.17) is 9.47 Å². The predicted octanol–water partition coefficient (Wildman–Crippen LogP) is 2.54. The average Bonchev–Trinajstić information content (AvgIpc) is 2.16. The molecule has 1 rings (SSSR count). The summed E-state index contributed by atoms with van der Waals surface area (Å²) >= 11 is 0. The fourth-order valence-electron chi connectivity index (χ4n) is 1.38. The molecule has 0 aromatic heterocycles. The van der Waals surface area contributed by atoms with Crippen molar-refractivity contribution in [2.45, 2.75) is 33.0 Å². The van der Waals surface area contributed by atoms with Crippen molar-refractivity contribution in [1.82, 2.24) is 0 Å². The SMILES string of the molecule is COc1ccc(OC(C)C)cc1C(C)O. The van der Waals surface area contributed by atoms with Crippen molar-refractivity contribution < 1.29 is 14.6 Å². The normalized spacial score (nSPS) is 12.7. The van der Waals surface area contributed by atoms with Crippen LogP contribution in [-0.2, 0) is 0 Å². The van der Waals surface area contributed by atoms with E-state index in [1.807, 2.05) is 26.0 Å². The zero-order valence-corrected chi connectivity index (χ0v) is 9.65. The van der Waals surface area contributed by atoms with Gasteiger partial charge >= 0.3 is 0 Å². The molecule has 3 heteroatoms. The number of hydrogen-bond acceptors (Lipinski definition) is 3. The molecule has 0 bridgehead atoms. The molecule has 1 aromatic rings. The van der Waals surface area contributed by atoms with Crippen molar-refractivity contribution >= 4 is 0 Å². The van der Waals surface area contributed by atoms with E-state index in [0.717, 1.165) is 11.3 Å². The Morgan fingerprint density at radius 1 is 1.20 bits per heavy atom. The van der Waals surface area contributed by atoms with Crippen LogP contribution in [0.4, 0.5) is 0 Å². The molecular weight excluding hydrogens is 192 g/mol. The molecule has 0 heterocycles. The van der Waals surface area contributed by atoms with Crippen molar-refractivity contribution in [3.63, 3.8) is 0 Å². The molecule has 1 aromatic carbocycles. The van der Waals surface area contributed by atoms with Crippen LogP contribution in [0, 0.1) is 0 Å². The predicted molar refractivity (Wildman–Crippen MR) is 59.4 cm³/mol. The van der Waals surface area contributed by atoms with Crippen LogP contribution in [0.3, 0.4) is 0 Å². The lowest BCUT2D eigenvalue weighted by atomic mass is 10.1. The first kappa shape index (κ1) is 11.9. The van der Waals surface area contributed by atoms with Crippen molar-refractivity contribution in [3.8, 4) is 11.5 Å². The molecular formula is C12H18O3. The maximum absolute atomic E-state index is 9.56. The highest BCUT2D eigenvalue weighted by Gasteiger charge is 2.10. The van der Waals surface area contributed by atoms with E-state index in [0.29, 0.717) is 5.75 Å². The summed E-state index contributed by atoms with van der Waals surface area (Å²) in [6.45, 7) is 5.63. The summed E-state index contributed by atoms with van der Waals surface area (Å²) < 4.78 is 10.7. The Kier molecular flexibility index (Phi) is 3.97. The van der Waals surface area contributed by atoms with Crippen LogP contribution >= 0.6 is 0 Å². The first-order chi connectivity index (χ1) is 7.04. The van der Waals surface area contributed by atoms with Gasteiger partial charge in [0.25, 0.3) is 0 Å². The van der Waals surface area contributed by atoms with Gasteiger partial charge in [-0.3, -0.25) is 0 Å². The molecule has 0 aliphatic rings. The Labute approximate surface area is 90.6 Å². The minimum Gasteiger partial charge on any atom is -0.496 e. The third kappa shape index (κ3) is 3.13. The zero-order chi connectivity index (χ0) is 11.4. The summed E-state index contributed by atoms with van der Waals surface area (Å²) in [5.74, 6) is 1.43. The lowest BCUT2D eigenvalue weighted by molar-refractivity contribution is 0.192. The van der Waals surface area contributed by atoms with E-state index < -0.39 is 6.10 Å². The Morgan fingerprint density at radius 3 is 2.33 bits per heavy atom. The van der Waals surface area contributed by atoms with E-state index in [2.05, 4.69) is 0 Å². The molecule has 0 amide bonds. The van der Waals surface area contributed by atoms with Crippen LogP contribution in [0.15, 0.2) is 18.2 Å². The van der Waals surface area contributed by atoms with Gasteiger partial charge in [0, 0.05) is 5.56 Å².